The standard InChI is InChI=1S/C14H17NO5/c1-2-15-7-9-5-12-13(19-8-18-12)6-11(9)20-10-3-4-17-14(10)16/h5-6,10,15H,2-4,7-8H2,1H3. The Morgan fingerprint density at radius 3 is 2.80 bits per heavy atom. The van der Waals surface area contributed by atoms with Crippen molar-refractivity contribution in [3.05, 3.63) is 17.7 Å². The lowest BCUT2D eigenvalue weighted by molar-refractivity contribution is -0.143. The zero-order chi connectivity index (χ0) is 13.9. The Kier molecular flexibility index (Phi) is 3.64. The molecule has 2 aliphatic heterocycles. The Labute approximate surface area is 117 Å². The van der Waals surface area contributed by atoms with Crippen molar-refractivity contribution in [3.63, 3.8) is 0 Å². The predicted molar refractivity (Wildman–Crippen MR) is 69.9 cm³/mol. The van der Waals surface area contributed by atoms with Gasteiger partial charge >= 0.3 is 5.97 Å². The van der Waals surface area contributed by atoms with Crippen molar-refractivity contribution in [2.45, 2.75) is 26.0 Å². The fraction of sp³-hybridized carbons (Fsp3) is 0.500. The number of rotatable bonds is 5. The van der Waals surface area contributed by atoms with Crippen LogP contribution in [0.25, 0.3) is 0 Å². The van der Waals surface area contributed by atoms with Gasteiger partial charge in [-0.3, -0.25) is 0 Å². The van der Waals surface area contributed by atoms with Gasteiger partial charge in [0.15, 0.2) is 17.6 Å². The Balaban J connectivity index is 1.84. The minimum absolute atomic E-state index is 0.213. The molecule has 6 heteroatoms. The molecule has 0 aromatic heterocycles. The van der Waals surface area contributed by atoms with Gasteiger partial charge in [0.2, 0.25) is 6.79 Å². The Hall–Kier alpha value is -1.95. The maximum atomic E-state index is 11.5. The molecule has 108 valence electrons. The third-order valence-electron chi connectivity index (χ3n) is 3.28. The van der Waals surface area contributed by atoms with Crippen molar-refractivity contribution in [1.82, 2.24) is 5.32 Å². The number of benzene rings is 1. The highest BCUT2D eigenvalue weighted by molar-refractivity contribution is 5.77. The smallest absolute Gasteiger partial charge is 0.347 e. The Bertz CT molecular complexity index is 517. The minimum atomic E-state index is -0.532. The SMILES string of the molecule is CCNCc1cc2c(cc1OC1CCOC1=O)OCO2. The van der Waals surface area contributed by atoms with Gasteiger partial charge in [0.05, 0.1) is 6.61 Å². The molecule has 0 saturated carbocycles. The van der Waals surface area contributed by atoms with E-state index in [0.29, 0.717) is 36.8 Å². The summed E-state index contributed by atoms with van der Waals surface area (Å²) in [5, 5.41) is 3.24. The second-order valence-corrected chi connectivity index (χ2v) is 4.66. The molecule has 6 nitrogen and oxygen atoms in total. The largest absolute Gasteiger partial charge is 0.478 e. The fourth-order valence-electron chi connectivity index (χ4n) is 2.21. The molecule has 0 spiro atoms. The van der Waals surface area contributed by atoms with Crippen LogP contribution in [0.4, 0.5) is 0 Å². The molecule has 0 radical (unpaired) electrons. The Morgan fingerprint density at radius 2 is 2.10 bits per heavy atom. The normalized spacial score (nSPS) is 20.1. The topological polar surface area (TPSA) is 66.0 Å². The third-order valence-corrected chi connectivity index (χ3v) is 3.28. The van der Waals surface area contributed by atoms with Crippen LogP contribution in [0, 0.1) is 0 Å². The maximum Gasteiger partial charge on any atom is 0.347 e. The molecule has 1 aromatic carbocycles. The number of hydrogen-bond donors (Lipinski definition) is 1. The average molecular weight is 279 g/mol. The number of cyclic esters (lactones) is 1. The van der Waals surface area contributed by atoms with Crippen molar-refractivity contribution in [2.75, 3.05) is 19.9 Å². The lowest BCUT2D eigenvalue weighted by atomic mass is 10.1. The molecule has 1 unspecified atom stereocenters. The molecular weight excluding hydrogens is 262 g/mol. The van der Waals surface area contributed by atoms with Crippen LogP contribution in [0.2, 0.25) is 0 Å². The number of carbonyl (C=O) groups is 1. The van der Waals surface area contributed by atoms with Gasteiger partial charge in [-0.15, -0.1) is 0 Å². The zero-order valence-electron chi connectivity index (χ0n) is 11.3. The lowest BCUT2D eigenvalue weighted by Gasteiger charge is -2.15. The quantitative estimate of drug-likeness (QED) is 0.817. The molecule has 1 saturated heterocycles. The summed E-state index contributed by atoms with van der Waals surface area (Å²) in [5.41, 5.74) is 0.941. The van der Waals surface area contributed by atoms with Crippen LogP contribution in [0.5, 0.6) is 17.2 Å². The molecule has 0 aliphatic carbocycles. The van der Waals surface area contributed by atoms with Crippen LogP contribution >= 0.6 is 0 Å². The summed E-state index contributed by atoms with van der Waals surface area (Å²) < 4.78 is 21.4. The number of hydrogen-bond acceptors (Lipinski definition) is 6. The van der Waals surface area contributed by atoms with Crippen LogP contribution in [0.15, 0.2) is 12.1 Å². The molecule has 1 atom stereocenters. The summed E-state index contributed by atoms with van der Waals surface area (Å²) in [4.78, 5) is 11.5. The van der Waals surface area contributed by atoms with E-state index < -0.39 is 6.10 Å². The second-order valence-electron chi connectivity index (χ2n) is 4.66. The summed E-state index contributed by atoms with van der Waals surface area (Å²) >= 11 is 0. The van der Waals surface area contributed by atoms with Crippen molar-refractivity contribution in [2.24, 2.45) is 0 Å². The van der Waals surface area contributed by atoms with E-state index in [1.807, 2.05) is 13.0 Å². The highest BCUT2D eigenvalue weighted by atomic mass is 16.7. The van der Waals surface area contributed by atoms with Gasteiger partial charge in [-0.2, -0.15) is 0 Å². The third kappa shape index (κ3) is 2.51. The first kappa shape index (κ1) is 13.1. The van der Waals surface area contributed by atoms with Crippen LogP contribution < -0.4 is 19.5 Å². The van der Waals surface area contributed by atoms with E-state index in [-0.39, 0.29) is 12.8 Å². The first-order chi connectivity index (χ1) is 9.78. The van der Waals surface area contributed by atoms with Gasteiger partial charge in [0, 0.05) is 24.6 Å². The highest BCUT2D eigenvalue weighted by Gasteiger charge is 2.30. The predicted octanol–water partition coefficient (Wildman–Crippen LogP) is 1.22. The molecule has 1 N–H and O–H groups in total. The molecule has 0 bridgehead atoms. The monoisotopic (exact) mass is 279 g/mol. The summed E-state index contributed by atoms with van der Waals surface area (Å²) in [5.74, 6) is 1.68. The first-order valence-corrected chi connectivity index (χ1v) is 6.74. The van der Waals surface area contributed by atoms with Gasteiger partial charge in [-0.25, -0.2) is 4.79 Å². The van der Waals surface area contributed by atoms with Crippen LogP contribution in [0.3, 0.4) is 0 Å². The fourth-order valence-corrected chi connectivity index (χ4v) is 2.21. The molecule has 3 rings (SSSR count). The zero-order valence-corrected chi connectivity index (χ0v) is 11.3. The maximum absolute atomic E-state index is 11.5. The first-order valence-electron chi connectivity index (χ1n) is 6.74. The van der Waals surface area contributed by atoms with E-state index in [2.05, 4.69) is 5.32 Å². The Morgan fingerprint density at radius 1 is 1.30 bits per heavy atom. The lowest BCUT2D eigenvalue weighted by Crippen LogP contribution is -2.23. The molecule has 2 aliphatic rings. The summed E-state index contributed by atoms with van der Waals surface area (Å²) in [6.07, 6.45) is 0.0456. The average Bonchev–Trinajstić information content (AvgIpc) is 3.05. The van der Waals surface area contributed by atoms with Crippen molar-refractivity contribution in [3.8, 4) is 17.2 Å². The molecule has 20 heavy (non-hydrogen) atoms. The summed E-state index contributed by atoms with van der Waals surface area (Å²) in [6, 6.07) is 3.67. The van der Waals surface area contributed by atoms with Gasteiger partial charge in [0.1, 0.15) is 5.75 Å². The van der Waals surface area contributed by atoms with Crippen LogP contribution in [-0.4, -0.2) is 32.0 Å². The van der Waals surface area contributed by atoms with E-state index in [0.717, 1.165) is 12.1 Å². The molecule has 0 amide bonds. The minimum Gasteiger partial charge on any atom is -0.478 e. The van der Waals surface area contributed by atoms with E-state index in [4.69, 9.17) is 18.9 Å². The number of nitrogens with one attached hydrogen (secondary N) is 1. The molecule has 2 heterocycles. The molecule has 1 fully saturated rings. The van der Waals surface area contributed by atoms with Crippen LogP contribution in [-0.2, 0) is 16.1 Å². The van der Waals surface area contributed by atoms with Gasteiger partial charge in [-0.05, 0) is 12.6 Å². The highest BCUT2D eigenvalue weighted by Crippen LogP contribution is 2.38. The molecular formula is C14H17NO5. The summed E-state index contributed by atoms with van der Waals surface area (Å²) in [6.45, 7) is 4.15. The van der Waals surface area contributed by atoms with E-state index in [9.17, 15) is 4.79 Å². The van der Waals surface area contributed by atoms with Crippen molar-refractivity contribution in [1.29, 1.82) is 0 Å². The van der Waals surface area contributed by atoms with E-state index in [1.165, 1.54) is 0 Å². The van der Waals surface area contributed by atoms with Crippen molar-refractivity contribution < 1.29 is 23.7 Å². The van der Waals surface area contributed by atoms with E-state index in [1.54, 1.807) is 6.07 Å². The van der Waals surface area contributed by atoms with Crippen LogP contribution in [0.1, 0.15) is 18.9 Å². The van der Waals surface area contributed by atoms with Gasteiger partial charge < -0.3 is 24.3 Å². The van der Waals surface area contributed by atoms with Crippen molar-refractivity contribution >= 4 is 5.97 Å². The number of esters is 1. The number of ether oxygens (including phenoxy) is 4. The van der Waals surface area contributed by atoms with E-state index >= 15 is 0 Å². The molecule has 1 aromatic rings. The summed E-state index contributed by atoms with van der Waals surface area (Å²) in [7, 11) is 0. The second kappa shape index (κ2) is 5.58. The number of fused-ring (bicyclic) bond motifs is 1. The van der Waals surface area contributed by atoms with Gasteiger partial charge in [0.25, 0.3) is 0 Å². The number of carbonyl (C=O) groups excluding carboxylic acids is 1. The van der Waals surface area contributed by atoms with Gasteiger partial charge in [-0.1, -0.05) is 6.92 Å².